The molecule has 4 heteroatoms. The zero-order chi connectivity index (χ0) is 10.7. The molecular weight excluding hydrogens is 192 g/mol. The molecule has 2 rings (SSSR count). The molecule has 82 valence electrons. The highest BCUT2D eigenvalue weighted by molar-refractivity contribution is 5.17. The molecule has 4 nitrogen and oxygen atoms in total. The first-order valence-corrected chi connectivity index (χ1v) is 5.27. The van der Waals surface area contributed by atoms with Gasteiger partial charge in [-0.1, -0.05) is 0 Å². The Balaban J connectivity index is 1.86. The quantitative estimate of drug-likeness (QED) is 0.619. The second-order valence-corrected chi connectivity index (χ2v) is 4.03. The minimum absolute atomic E-state index is 0.494. The van der Waals surface area contributed by atoms with Gasteiger partial charge in [0.2, 0.25) is 0 Å². The van der Waals surface area contributed by atoms with Crippen LogP contribution in [0.4, 0.5) is 0 Å². The van der Waals surface area contributed by atoms with Crippen LogP contribution in [0.15, 0.2) is 18.3 Å². The van der Waals surface area contributed by atoms with Gasteiger partial charge >= 0.3 is 0 Å². The Morgan fingerprint density at radius 1 is 1.47 bits per heavy atom. The van der Waals surface area contributed by atoms with Gasteiger partial charge in [-0.3, -0.25) is 4.98 Å². The maximum absolute atomic E-state index is 8.98. The minimum atomic E-state index is -1.41. The van der Waals surface area contributed by atoms with Gasteiger partial charge in [0.15, 0.2) is 6.29 Å². The fraction of sp³-hybridized carbons (Fsp3) is 0.545. The van der Waals surface area contributed by atoms with Crippen molar-refractivity contribution in [3.63, 3.8) is 0 Å². The van der Waals surface area contributed by atoms with E-state index in [4.69, 9.17) is 10.2 Å². The highest BCUT2D eigenvalue weighted by Gasteiger charge is 2.20. The van der Waals surface area contributed by atoms with Gasteiger partial charge in [0.05, 0.1) is 5.69 Å². The lowest BCUT2D eigenvalue weighted by atomic mass is 10.2. The fourth-order valence-electron chi connectivity index (χ4n) is 1.48. The van der Waals surface area contributed by atoms with Crippen LogP contribution in [-0.4, -0.2) is 21.7 Å². The summed E-state index contributed by atoms with van der Waals surface area (Å²) in [5, 5.41) is 21.3. The predicted molar refractivity (Wildman–Crippen MR) is 55.8 cm³/mol. The average Bonchev–Trinajstić information content (AvgIpc) is 3.02. The molecule has 0 spiro atoms. The molecular formula is C11H16N2O2. The summed E-state index contributed by atoms with van der Waals surface area (Å²) in [6, 6.07) is 3.32. The number of nitrogens with one attached hydrogen (secondary N) is 1. The van der Waals surface area contributed by atoms with Crippen LogP contribution >= 0.6 is 0 Å². The van der Waals surface area contributed by atoms with Crippen LogP contribution in [0.5, 0.6) is 0 Å². The van der Waals surface area contributed by atoms with Gasteiger partial charge in [-0.05, 0) is 37.4 Å². The summed E-state index contributed by atoms with van der Waals surface area (Å²) in [7, 11) is 0. The van der Waals surface area contributed by atoms with Gasteiger partial charge in [-0.15, -0.1) is 0 Å². The lowest BCUT2D eigenvalue weighted by Crippen LogP contribution is -2.17. The van der Waals surface area contributed by atoms with E-state index in [1.165, 1.54) is 12.8 Å². The molecule has 0 aliphatic heterocycles. The normalized spacial score (nSPS) is 15.9. The monoisotopic (exact) mass is 208 g/mol. The van der Waals surface area contributed by atoms with Crippen LogP contribution in [0.2, 0.25) is 0 Å². The molecule has 1 aromatic heterocycles. The number of aromatic nitrogens is 1. The van der Waals surface area contributed by atoms with Crippen molar-refractivity contribution in [3.05, 3.63) is 29.6 Å². The topological polar surface area (TPSA) is 65.4 Å². The van der Waals surface area contributed by atoms with Crippen molar-refractivity contribution < 1.29 is 10.2 Å². The van der Waals surface area contributed by atoms with E-state index in [0.29, 0.717) is 12.1 Å². The van der Waals surface area contributed by atoms with Crippen LogP contribution in [-0.2, 0) is 6.54 Å². The van der Waals surface area contributed by atoms with E-state index < -0.39 is 6.29 Å². The molecule has 1 saturated carbocycles. The van der Waals surface area contributed by atoms with Crippen LogP contribution in [0, 0.1) is 5.92 Å². The summed E-state index contributed by atoms with van der Waals surface area (Å²) in [5.41, 5.74) is 1.34. The zero-order valence-electron chi connectivity index (χ0n) is 8.56. The average molecular weight is 208 g/mol. The molecule has 1 heterocycles. The van der Waals surface area contributed by atoms with Crippen LogP contribution in [0.1, 0.15) is 30.4 Å². The van der Waals surface area contributed by atoms with Gasteiger partial charge < -0.3 is 15.5 Å². The summed E-state index contributed by atoms with van der Waals surface area (Å²) < 4.78 is 0. The third-order valence-electron chi connectivity index (χ3n) is 2.57. The summed E-state index contributed by atoms with van der Waals surface area (Å²) in [4.78, 5) is 4.15. The maximum atomic E-state index is 8.98. The maximum Gasteiger partial charge on any atom is 0.178 e. The van der Waals surface area contributed by atoms with Crippen LogP contribution < -0.4 is 5.32 Å². The molecule has 0 radical (unpaired) electrons. The lowest BCUT2D eigenvalue weighted by molar-refractivity contribution is -0.0426. The van der Waals surface area contributed by atoms with Gasteiger partial charge in [-0.2, -0.15) is 0 Å². The van der Waals surface area contributed by atoms with E-state index >= 15 is 0 Å². The zero-order valence-corrected chi connectivity index (χ0v) is 8.56. The third kappa shape index (κ3) is 3.27. The second kappa shape index (κ2) is 4.70. The standard InChI is InChI=1S/C11H16N2O2/c14-11(15)9-3-4-13-10(5-9)7-12-6-8-1-2-8/h3-5,8,11-12,14-15H,1-2,6-7H2. The highest BCUT2D eigenvalue weighted by Crippen LogP contribution is 2.27. The summed E-state index contributed by atoms with van der Waals surface area (Å²) in [6.45, 7) is 1.73. The SMILES string of the molecule is OC(O)c1ccnc(CNCC2CC2)c1. The van der Waals surface area contributed by atoms with E-state index in [9.17, 15) is 0 Å². The first-order chi connectivity index (χ1) is 7.25. The molecule has 0 bridgehead atoms. The molecule has 1 aromatic rings. The Morgan fingerprint density at radius 2 is 2.27 bits per heavy atom. The Morgan fingerprint density at radius 3 is 2.93 bits per heavy atom. The number of hydrogen-bond donors (Lipinski definition) is 3. The Hall–Kier alpha value is -0.970. The van der Waals surface area contributed by atoms with E-state index in [2.05, 4.69) is 10.3 Å². The van der Waals surface area contributed by atoms with Crippen molar-refractivity contribution in [2.45, 2.75) is 25.7 Å². The first-order valence-electron chi connectivity index (χ1n) is 5.27. The molecule has 0 amide bonds. The number of aliphatic hydroxyl groups excluding tert-OH is 1. The van der Waals surface area contributed by atoms with Crippen molar-refractivity contribution in [2.24, 2.45) is 5.92 Å². The Bertz CT molecular complexity index is 324. The molecule has 3 N–H and O–H groups in total. The molecule has 0 aromatic carbocycles. The number of pyridine rings is 1. The fourth-order valence-corrected chi connectivity index (χ4v) is 1.48. The van der Waals surface area contributed by atoms with Gasteiger partial charge in [0.1, 0.15) is 0 Å². The molecule has 1 aliphatic carbocycles. The summed E-state index contributed by atoms with van der Waals surface area (Å²) >= 11 is 0. The van der Waals surface area contributed by atoms with Crippen molar-refractivity contribution in [2.75, 3.05) is 6.54 Å². The summed E-state index contributed by atoms with van der Waals surface area (Å²) in [6.07, 6.45) is 2.85. The second-order valence-electron chi connectivity index (χ2n) is 4.03. The number of nitrogens with zero attached hydrogens (tertiary/aromatic N) is 1. The molecule has 1 aliphatic rings. The van der Waals surface area contributed by atoms with Gasteiger partial charge in [0, 0.05) is 18.3 Å². The van der Waals surface area contributed by atoms with Crippen molar-refractivity contribution in [3.8, 4) is 0 Å². The molecule has 0 saturated heterocycles. The van der Waals surface area contributed by atoms with Crippen LogP contribution in [0.3, 0.4) is 0 Å². The van der Waals surface area contributed by atoms with Crippen molar-refractivity contribution >= 4 is 0 Å². The third-order valence-corrected chi connectivity index (χ3v) is 2.57. The number of aliphatic hydroxyl groups is 2. The molecule has 0 atom stereocenters. The number of hydrogen-bond acceptors (Lipinski definition) is 4. The van der Waals surface area contributed by atoms with Crippen LogP contribution in [0.25, 0.3) is 0 Å². The van der Waals surface area contributed by atoms with Crippen molar-refractivity contribution in [1.82, 2.24) is 10.3 Å². The first kappa shape index (κ1) is 10.5. The van der Waals surface area contributed by atoms with E-state index in [-0.39, 0.29) is 0 Å². The molecule has 1 fully saturated rings. The largest absolute Gasteiger partial charge is 0.364 e. The number of rotatable bonds is 5. The van der Waals surface area contributed by atoms with E-state index in [1.807, 2.05) is 0 Å². The van der Waals surface area contributed by atoms with E-state index in [1.54, 1.807) is 18.3 Å². The molecule has 15 heavy (non-hydrogen) atoms. The van der Waals surface area contributed by atoms with E-state index in [0.717, 1.165) is 18.2 Å². The Kier molecular flexibility index (Phi) is 3.30. The summed E-state index contributed by atoms with van der Waals surface area (Å²) in [5.74, 6) is 0.844. The van der Waals surface area contributed by atoms with Gasteiger partial charge in [0.25, 0.3) is 0 Å². The minimum Gasteiger partial charge on any atom is -0.364 e. The van der Waals surface area contributed by atoms with Gasteiger partial charge in [-0.25, -0.2) is 0 Å². The lowest BCUT2D eigenvalue weighted by Gasteiger charge is -2.06. The smallest absolute Gasteiger partial charge is 0.178 e. The highest BCUT2D eigenvalue weighted by atomic mass is 16.5. The predicted octanol–water partition coefficient (Wildman–Crippen LogP) is 0.564. The van der Waals surface area contributed by atoms with Crippen molar-refractivity contribution in [1.29, 1.82) is 0 Å². The Labute approximate surface area is 89.0 Å². The molecule has 0 unspecified atom stereocenters.